The van der Waals surface area contributed by atoms with Gasteiger partial charge in [0.1, 0.15) is 12.6 Å². The molecule has 2 aromatic rings. The second-order valence-electron chi connectivity index (χ2n) is 3.85. The topological polar surface area (TPSA) is 127 Å². The van der Waals surface area contributed by atoms with E-state index in [2.05, 4.69) is 15.4 Å². The highest BCUT2D eigenvalue weighted by Gasteiger charge is 2.15. The Morgan fingerprint density at radius 2 is 2.33 bits per heavy atom. The maximum absolute atomic E-state index is 11.7. The third kappa shape index (κ3) is 3.52. The van der Waals surface area contributed by atoms with E-state index in [-0.39, 0.29) is 11.6 Å². The van der Waals surface area contributed by atoms with Crippen molar-refractivity contribution in [3.8, 4) is 6.07 Å². The van der Waals surface area contributed by atoms with Crippen LogP contribution in [0.2, 0.25) is 5.02 Å². The molecule has 2 rings (SSSR count). The normalized spacial score (nSPS) is 9.90. The summed E-state index contributed by atoms with van der Waals surface area (Å²) in [5.74, 6) is -1.04. The number of nitro groups is 1. The first kappa shape index (κ1) is 14.4. The van der Waals surface area contributed by atoms with Crippen LogP contribution in [0.15, 0.2) is 24.5 Å². The second kappa shape index (κ2) is 5.98. The molecule has 0 spiro atoms. The molecule has 0 saturated heterocycles. The van der Waals surface area contributed by atoms with Gasteiger partial charge in [-0.15, -0.1) is 0 Å². The van der Waals surface area contributed by atoms with Crippen molar-refractivity contribution < 1.29 is 9.72 Å². The highest BCUT2D eigenvalue weighted by molar-refractivity contribution is 6.32. The monoisotopic (exact) mass is 306 g/mol. The van der Waals surface area contributed by atoms with Crippen molar-refractivity contribution >= 4 is 29.1 Å². The SMILES string of the molecule is N#Cc1ccc(NC(=O)Cn2cnc([N+](=O)[O-])n2)cc1Cl. The number of rotatable bonds is 4. The molecule has 1 aromatic carbocycles. The third-order valence-corrected chi connectivity index (χ3v) is 2.68. The van der Waals surface area contributed by atoms with Crippen molar-refractivity contribution in [2.75, 3.05) is 5.32 Å². The van der Waals surface area contributed by atoms with Crippen molar-refractivity contribution in [1.29, 1.82) is 5.26 Å². The molecule has 0 aliphatic rings. The largest absolute Gasteiger partial charge is 0.490 e. The molecule has 0 fully saturated rings. The van der Waals surface area contributed by atoms with Crippen molar-refractivity contribution in [2.45, 2.75) is 6.54 Å². The highest BCUT2D eigenvalue weighted by Crippen LogP contribution is 2.20. The highest BCUT2D eigenvalue weighted by atomic mass is 35.5. The second-order valence-corrected chi connectivity index (χ2v) is 4.26. The maximum Gasteiger partial charge on any atom is 0.490 e. The van der Waals surface area contributed by atoms with Crippen LogP contribution in [0.1, 0.15) is 5.56 Å². The lowest BCUT2D eigenvalue weighted by Crippen LogP contribution is -2.19. The van der Waals surface area contributed by atoms with Gasteiger partial charge in [0.05, 0.1) is 10.6 Å². The van der Waals surface area contributed by atoms with E-state index < -0.39 is 16.8 Å². The fourth-order valence-corrected chi connectivity index (χ4v) is 1.70. The van der Waals surface area contributed by atoms with Gasteiger partial charge in [0.25, 0.3) is 0 Å². The average Bonchev–Trinajstić information content (AvgIpc) is 2.87. The molecule has 0 atom stereocenters. The number of carbonyl (C=O) groups excluding carboxylic acids is 1. The summed E-state index contributed by atoms with van der Waals surface area (Å²) in [5.41, 5.74) is 0.695. The summed E-state index contributed by atoms with van der Waals surface area (Å²) in [5, 5.41) is 25.4. The summed E-state index contributed by atoms with van der Waals surface area (Å²) in [6, 6.07) is 6.32. The van der Waals surface area contributed by atoms with Crippen LogP contribution in [0.3, 0.4) is 0 Å². The zero-order valence-electron chi connectivity index (χ0n) is 10.4. The number of nitrogens with one attached hydrogen (secondary N) is 1. The predicted molar refractivity (Wildman–Crippen MR) is 71.5 cm³/mol. The summed E-state index contributed by atoms with van der Waals surface area (Å²) >= 11 is 5.84. The fourth-order valence-electron chi connectivity index (χ4n) is 1.48. The number of nitriles is 1. The molecule has 21 heavy (non-hydrogen) atoms. The Morgan fingerprint density at radius 1 is 1.57 bits per heavy atom. The molecule has 10 heteroatoms. The zero-order valence-corrected chi connectivity index (χ0v) is 11.1. The summed E-state index contributed by atoms with van der Waals surface area (Å²) in [6.45, 7) is -0.238. The lowest BCUT2D eigenvalue weighted by molar-refractivity contribution is -0.394. The van der Waals surface area contributed by atoms with Gasteiger partial charge >= 0.3 is 5.95 Å². The van der Waals surface area contributed by atoms with Crippen LogP contribution in [0.4, 0.5) is 11.6 Å². The number of aromatic nitrogens is 3. The van der Waals surface area contributed by atoms with Crippen LogP contribution in [0.5, 0.6) is 0 Å². The van der Waals surface area contributed by atoms with Crippen molar-refractivity contribution in [3.63, 3.8) is 0 Å². The van der Waals surface area contributed by atoms with Gasteiger partial charge in [0.2, 0.25) is 12.2 Å². The Labute approximate surface area is 122 Å². The fraction of sp³-hybridized carbons (Fsp3) is 0.0909. The molecule has 0 saturated carbocycles. The zero-order chi connectivity index (χ0) is 15.4. The molecule has 0 unspecified atom stereocenters. The molecular weight excluding hydrogens is 300 g/mol. The lowest BCUT2D eigenvalue weighted by atomic mass is 10.2. The van der Waals surface area contributed by atoms with Crippen LogP contribution >= 0.6 is 11.6 Å². The standard InChI is InChI=1S/C11H7ClN6O3/c12-9-3-8(2-1-7(9)4-13)15-10(19)5-17-6-14-11(16-17)18(20)21/h1-3,6H,5H2,(H,15,19). The maximum atomic E-state index is 11.7. The first-order chi connectivity index (χ1) is 9.99. The van der Waals surface area contributed by atoms with E-state index in [9.17, 15) is 14.9 Å². The van der Waals surface area contributed by atoms with E-state index in [0.717, 1.165) is 11.0 Å². The summed E-state index contributed by atoms with van der Waals surface area (Å²) in [6.07, 6.45) is 1.09. The first-order valence-corrected chi connectivity index (χ1v) is 5.90. The van der Waals surface area contributed by atoms with Gasteiger partial charge in [-0.05, 0) is 23.1 Å². The molecular formula is C11H7ClN6O3. The molecule has 9 nitrogen and oxygen atoms in total. The Bertz CT molecular complexity index is 751. The van der Waals surface area contributed by atoms with Crippen molar-refractivity contribution in [1.82, 2.24) is 14.8 Å². The van der Waals surface area contributed by atoms with E-state index in [0.29, 0.717) is 11.3 Å². The first-order valence-electron chi connectivity index (χ1n) is 5.53. The van der Waals surface area contributed by atoms with Crippen LogP contribution in [0.25, 0.3) is 0 Å². The van der Waals surface area contributed by atoms with Gasteiger partial charge in [-0.25, -0.2) is 0 Å². The van der Waals surface area contributed by atoms with Gasteiger partial charge < -0.3 is 15.4 Å². The number of carbonyl (C=O) groups is 1. The van der Waals surface area contributed by atoms with Gasteiger partial charge in [-0.1, -0.05) is 16.6 Å². The molecule has 0 aliphatic carbocycles. The minimum atomic E-state index is -0.755. The Morgan fingerprint density at radius 3 is 2.90 bits per heavy atom. The van der Waals surface area contributed by atoms with E-state index >= 15 is 0 Å². The third-order valence-electron chi connectivity index (χ3n) is 2.37. The Kier molecular flexibility index (Phi) is 4.10. The predicted octanol–water partition coefficient (Wildman–Crippen LogP) is 1.35. The smallest absolute Gasteiger partial charge is 0.390 e. The number of halogens is 1. The lowest BCUT2D eigenvalue weighted by Gasteiger charge is -2.05. The van der Waals surface area contributed by atoms with E-state index in [4.69, 9.17) is 16.9 Å². The van der Waals surface area contributed by atoms with E-state index in [1.54, 1.807) is 0 Å². The molecule has 1 heterocycles. The Hall–Kier alpha value is -2.99. The summed E-state index contributed by atoms with van der Waals surface area (Å²) in [7, 11) is 0. The summed E-state index contributed by atoms with van der Waals surface area (Å²) in [4.78, 5) is 24.8. The number of benzene rings is 1. The van der Waals surface area contributed by atoms with Crippen molar-refractivity contribution in [2.24, 2.45) is 0 Å². The van der Waals surface area contributed by atoms with Crippen LogP contribution in [-0.4, -0.2) is 25.6 Å². The van der Waals surface area contributed by atoms with Gasteiger partial charge in [0, 0.05) is 10.8 Å². The molecule has 106 valence electrons. The minimum absolute atomic E-state index is 0.215. The number of anilines is 1. The number of hydrogen-bond acceptors (Lipinski definition) is 6. The number of nitrogens with zero attached hydrogens (tertiary/aromatic N) is 5. The molecule has 1 N–H and O–H groups in total. The molecule has 0 aliphatic heterocycles. The molecule has 1 aromatic heterocycles. The quantitative estimate of drug-likeness (QED) is 0.671. The Balaban J connectivity index is 2.03. The van der Waals surface area contributed by atoms with Gasteiger partial charge in [0.15, 0.2) is 0 Å². The van der Waals surface area contributed by atoms with Crippen molar-refractivity contribution in [3.05, 3.63) is 45.2 Å². The molecule has 1 amide bonds. The minimum Gasteiger partial charge on any atom is -0.390 e. The average molecular weight is 307 g/mol. The van der Waals surface area contributed by atoms with Gasteiger partial charge in [-0.2, -0.15) is 9.94 Å². The van der Waals surface area contributed by atoms with Gasteiger partial charge in [-0.3, -0.25) is 4.79 Å². The van der Waals surface area contributed by atoms with E-state index in [1.165, 1.54) is 18.2 Å². The molecule has 0 bridgehead atoms. The molecule has 0 radical (unpaired) electrons. The van der Waals surface area contributed by atoms with Crippen LogP contribution in [0, 0.1) is 21.4 Å². The van der Waals surface area contributed by atoms with E-state index in [1.807, 2.05) is 6.07 Å². The number of amides is 1. The number of hydrogen-bond donors (Lipinski definition) is 1. The summed E-state index contributed by atoms with van der Waals surface area (Å²) < 4.78 is 1.04. The van der Waals surface area contributed by atoms with Crippen LogP contribution in [-0.2, 0) is 11.3 Å². The van der Waals surface area contributed by atoms with Crippen LogP contribution < -0.4 is 5.32 Å².